The first-order valence-corrected chi connectivity index (χ1v) is 4.03. The van der Waals surface area contributed by atoms with Gasteiger partial charge in [0.15, 0.2) is 0 Å². The molecule has 0 radical (unpaired) electrons. The predicted molar refractivity (Wildman–Crippen MR) is 45.4 cm³/mol. The van der Waals surface area contributed by atoms with Gasteiger partial charge in [-0.25, -0.2) is 0 Å². The fraction of sp³-hybridized carbons (Fsp3) is 1.00. The van der Waals surface area contributed by atoms with Crippen LogP contribution in [0.1, 0.15) is 13.8 Å². The van der Waals surface area contributed by atoms with Crippen molar-refractivity contribution >= 4 is 0 Å². The number of likely N-dealkylation sites (N-methyl/N-ethyl adjacent to an activating group) is 1. The van der Waals surface area contributed by atoms with Crippen molar-refractivity contribution in [2.45, 2.75) is 20.0 Å². The molecule has 2 atom stereocenters. The molecule has 0 heterocycles. The van der Waals surface area contributed by atoms with Crippen molar-refractivity contribution in [3.63, 3.8) is 0 Å². The van der Waals surface area contributed by atoms with Crippen LogP contribution in [0.4, 0.5) is 0 Å². The monoisotopic (exact) mass is 161 g/mol. The number of aliphatic hydroxyl groups excluding tert-OH is 2. The SMILES string of the molecule is CC(O)CN(C)CC(C)CO. The summed E-state index contributed by atoms with van der Waals surface area (Å²) in [4.78, 5) is 2.02. The lowest BCUT2D eigenvalue weighted by atomic mass is 10.2. The van der Waals surface area contributed by atoms with E-state index in [1.807, 2.05) is 18.9 Å². The van der Waals surface area contributed by atoms with Gasteiger partial charge < -0.3 is 15.1 Å². The number of rotatable bonds is 5. The van der Waals surface area contributed by atoms with Gasteiger partial charge in [-0.2, -0.15) is 0 Å². The minimum atomic E-state index is -0.286. The van der Waals surface area contributed by atoms with Crippen molar-refractivity contribution in [2.24, 2.45) is 5.92 Å². The molecule has 0 aromatic rings. The van der Waals surface area contributed by atoms with Crippen LogP contribution < -0.4 is 0 Å². The van der Waals surface area contributed by atoms with Crippen molar-refractivity contribution in [1.29, 1.82) is 0 Å². The molecule has 0 aromatic carbocycles. The van der Waals surface area contributed by atoms with E-state index in [9.17, 15) is 0 Å². The van der Waals surface area contributed by atoms with Gasteiger partial charge in [0.1, 0.15) is 0 Å². The highest BCUT2D eigenvalue weighted by molar-refractivity contribution is 4.60. The van der Waals surface area contributed by atoms with Crippen LogP contribution in [0.25, 0.3) is 0 Å². The highest BCUT2D eigenvalue weighted by atomic mass is 16.3. The van der Waals surface area contributed by atoms with Crippen LogP contribution in [0, 0.1) is 5.92 Å². The van der Waals surface area contributed by atoms with Crippen molar-refractivity contribution in [3.8, 4) is 0 Å². The summed E-state index contributed by atoms with van der Waals surface area (Å²) in [6.45, 7) is 5.47. The van der Waals surface area contributed by atoms with Crippen molar-refractivity contribution in [3.05, 3.63) is 0 Å². The number of aliphatic hydroxyl groups is 2. The molecular weight excluding hydrogens is 142 g/mol. The van der Waals surface area contributed by atoms with Crippen molar-refractivity contribution in [2.75, 3.05) is 26.7 Å². The summed E-state index contributed by atoms with van der Waals surface area (Å²) in [5.74, 6) is 0.291. The fourth-order valence-corrected chi connectivity index (χ4v) is 1.12. The zero-order valence-corrected chi connectivity index (χ0v) is 7.62. The standard InChI is InChI=1S/C8H19NO2/c1-7(6-10)4-9(3)5-8(2)11/h7-8,10-11H,4-6H2,1-3H3. The Morgan fingerprint density at radius 3 is 2.18 bits per heavy atom. The summed E-state index contributed by atoms with van der Waals surface area (Å²) >= 11 is 0. The van der Waals surface area contributed by atoms with E-state index in [0.29, 0.717) is 12.5 Å². The zero-order valence-electron chi connectivity index (χ0n) is 7.62. The Kier molecular flexibility index (Phi) is 5.46. The van der Waals surface area contributed by atoms with E-state index >= 15 is 0 Å². The third kappa shape index (κ3) is 6.28. The second-order valence-corrected chi connectivity index (χ2v) is 3.36. The van der Waals surface area contributed by atoms with Gasteiger partial charge in [0.25, 0.3) is 0 Å². The molecule has 68 valence electrons. The van der Waals surface area contributed by atoms with Crippen LogP contribution in [0.5, 0.6) is 0 Å². The summed E-state index contributed by atoms with van der Waals surface area (Å²) in [6.07, 6.45) is -0.286. The smallest absolute Gasteiger partial charge is 0.0638 e. The van der Waals surface area contributed by atoms with Crippen LogP contribution in [-0.4, -0.2) is 48.0 Å². The van der Waals surface area contributed by atoms with Crippen LogP contribution in [0.2, 0.25) is 0 Å². The second-order valence-electron chi connectivity index (χ2n) is 3.36. The average Bonchev–Trinajstić information content (AvgIpc) is 1.85. The predicted octanol–water partition coefficient (Wildman–Crippen LogP) is -0.0726. The van der Waals surface area contributed by atoms with Crippen molar-refractivity contribution in [1.82, 2.24) is 4.90 Å². The normalized spacial score (nSPS) is 16.9. The van der Waals surface area contributed by atoms with Gasteiger partial charge in [-0.3, -0.25) is 0 Å². The second kappa shape index (κ2) is 5.52. The molecule has 0 rings (SSSR count). The first kappa shape index (κ1) is 10.9. The van der Waals surface area contributed by atoms with Gasteiger partial charge in [0.05, 0.1) is 6.10 Å². The Morgan fingerprint density at radius 1 is 1.27 bits per heavy atom. The molecule has 0 spiro atoms. The van der Waals surface area contributed by atoms with Gasteiger partial charge in [-0.1, -0.05) is 6.92 Å². The third-order valence-electron chi connectivity index (χ3n) is 1.51. The summed E-state index contributed by atoms with van der Waals surface area (Å²) in [6, 6.07) is 0. The molecule has 0 aromatic heterocycles. The molecule has 0 aliphatic carbocycles. The Bertz CT molecular complexity index is 96.1. The largest absolute Gasteiger partial charge is 0.396 e. The molecule has 0 fully saturated rings. The Labute approximate surface area is 68.6 Å². The van der Waals surface area contributed by atoms with Crippen LogP contribution in [0.15, 0.2) is 0 Å². The summed E-state index contributed by atoms with van der Waals surface area (Å²) < 4.78 is 0. The first-order valence-electron chi connectivity index (χ1n) is 4.03. The van der Waals surface area contributed by atoms with E-state index in [0.717, 1.165) is 6.54 Å². The molecule has 0 aliphatic heterocycles. The highest BCUT2D eigenvalue weighted by Gasteiger charge is 2.06. The maximum absolute atomic E-state index is 9.00. The van der Waals surface area contributed by atoms with Gasteiger partial charge >= 0.3 is 0 Å². The van der Waals surface area contributed by atoms with Gasteiger partial charge in [-0.05, 0) is 19.9 Å². The lowest BCUT2D eigenvalue weighted by molar-refractivity contribution is 0.121. The lowest BCUT2D eigenvalue weighted by Gasteiger charge is -2.20. The molecular formula is C8H19NO2. The van der Waals surface area contributed by atoms with Gasteiger partial charge in [0, 0.05) is 19.7 Å². The molecule has 0 amide bonds. The zero-order chi connectivity index (χ0) is 8.85. The number of hydrogen-bond donors (Lipinski definition) is 2. The van der Waals surface area contributed by atoms with Crippen LogP contribution in [0.3, 0.4) is 0 Å². The molecule has 2 N–H and O–H groups in total. The molecule has 11 heavy (non-hydrogen) atoms. The van der Waals surface area contributed by atoms with Crippen LogP contribution in [-0.2, 0) is 0 Å². The molecule has 0 aliphatic rings. The van der Waals surface area contributed by atoms with E-state index in [4.69, 9.17) is 10.2 Å². The van der Waals surface area contributed by atoms with E-state index < -0.39 is 0 Å². The Hall–Kier alpha value is -0.120. The highest BCUT2D eigenvalue weighted by Crippen LogP contribution is 1.97. The van der Waals surface area contributed by atoms with E-state index in [2.05, 4.69) is 0 Å². The maximum Gasteiger partial charge on any atom is 0.0638 e. The van der Waals surface area contributed by atoms with Crippen LogP contribution >= 0.6 is 0 Å². The van der Waals surface area contributed by atoms with E-state index in [1.54, 1.807) is 6.92 Å². The van der Waals surface area contributed by atoms with E-state index in [1.165, 1.54) is 0 Å². The fourth-order valence-electron chi connectivity index (χ4n) is 1.12. The van der Waals surface area contributed by atoms with Gasteiger partial charge in [0.2, 0.25) is 0 Å². The van der Waals surface area contributed by atoms with E-state index in [-0.39, 0.29) is 12.7 Å². The molecule has 3 nitrogen and oxygen atoms in total. The minimum absolute atomic E-state index is 0.212. The van der Waals surface area contributed by atoms with Crippen molar-refractivity contribution < 1.29 is 10.2 Å². The first-order chi connectivity index (χ1) is 5.06. The molecule has 3 heteroatoms. The quantitative estimate of drug-likeness (QED) is 0.593. The summed E-state index contributed by atoms with van der Waals surface area (Å²) in [5, 5.41) is 17.7. The van der Waals surface area contributed by atoms with Gasteiger partial charge in [-0.15, -0.1) is 0 Å². The lowest BCUT2D eigenvalue weighted by Crippen LogP contribution is -2.31. The molecule has 0 bridgehead atoms. The summed E-state index contributed by atoms with van der Waals surface area (Å²) in [7, 11) is 1.94. The molecule has 2 unspecified atom stereocenters. The number of nitrogens with zero attached hydrogens (tertiary/aromatic N) is 1. The minimum Gasteiger partial charge on any atom is -0.396 e. The third-order valence-corrected chi connectivity index (χ3v) is 1.51. The molecule has 0 saturated carbocycles. The Balaban J connectivity index is 3.43. The number of hydrogen-bond acceptors (Lipinski definition) is 3. The summed E-state index contributed by atoms with van der Waals surface area (Å²) in [5.41, 5.74) is 0. The average molecular weight is 161 g/mol. The topological polar surface area (TPSA) is 43.7 Å². The Morgan fingerprint density at radius 2 is 1.82 bits per heavy atom. The molecule has 0 saturated heterocycles. The maximum atomic E-state index is 9.00.